The molecule has 0 aliphatic carbocycles. The number of amides is 1. The first-order valence-corrected chi connectivity index (χ1v) is 10.4. The summed E-state index contributed by atoms with van der Waals surface area (Å²) in [6.45, 7) is 0.280. The zero-order valence-corrected chi connectivity index (χ0v) is 19.0. The van der Waals surface area contributed by atoms with Gasteiger partial charge in [-0.05, 0) is 47.5 Å². The van der Waals surface area contributed by atoms with Crippen LogP contribution in [-0.2, 0) is 11.4 Å². The fourth-order valence-electron chi connectivity index (χ4n) is 2.68. The van der Waals surface area contributed by atoms with Crippen molar-refractivity contribution in [1.82, 2.24) is 0 Å². The monoisotopic (exact) mass is 501 g/mol. The third-order valence-corrected chi connectivity index (χ3v) is 5.42. The number of anilines is 1. The minimum Gasteiger partial charge on any atom is -0.489 e. The van der Waals surface area contributed by atoms with Crippen LogP contribution in [0, 0.1) is 21.4 Å². The third kappa shape index (κ3) is 6.46. The summed E-state index contributed by atoms with van der Waals surface area (Å²) >= 11 is 17.9. The number of hydrogen-bond acceptors (Lipinski definition) is 5. The van der Waals surface area contributed by atoms with Gasteiger partial charge in [0.1, 0.15) is 24.0 Å². The summed E-state index contributed by atoms with van der Waals surface area (Å²) in [7, 11) is 0. The van der Waals surface area contributed by atoms with Gasteiger partial charge in [0.05, 0.1) is 25.7 Å². The summed E-state index contributed by atoms with van der Waals surface area (Å²) in [5.41, 5.74) is 1.00. The maximum Gasteiger partial charge on any atom is 0.271 e. The second-order valence-electron chi connectivity index (χ2n) is 6.65. The lowest BCUT2D eigenvalue weighted by Gasteiger charge is -2.08. The van der Waals surface area contributed by atoms with Crippen molar-refractivity contribution in [3.63, 3.8) is 0 Å². The summed E-state index contributed by atoms with van der Waals surface area (Å²) in [6, 6.07) is 17.4. The van der Waals surface area contributed by atoms with E-state index in [-0.39, 0.29) is 28.6 Å². The smallest absolute Gasteiger partial charge is 0.271 e. The number of nitro benzene ring substituents is 1. The number of non-ortho nitro benzene ring substituents is 1. The molecule has 0 aliphatic rings. The molecule has 0 spiro atoms. The predicted octanol–water partition coefficient (Wildman–Crippen LogP) is 6.68. The fourth-order valence-corrected chi connectivity index (χ4v) is 3.17. The molecule has 7 nitrogen and oxygen atoms in total. The lowest BCUT2D eigenvalue weighted by molar-refractivity contribution is -0.384. The van der Waals surface area contributed by atoms with Crippen LogP contribution in [0.4, 0.5) is 11.4 Å². The summed E-state index contributed by atoms with van der Waals surface area (Å²) in [5, 5.41) is 23.7. The summed E-state index contributed by atoms with van der Waals surface area (Å²) < 4.78 is 5.71. The number of benzene rings is 3. The van der Waals surface area contributed by atoms with Crippen LogP contribution in [0.2, 0.25) is 15.1 Å². The SMILES string of the molecule is N#C/C(=C\c1ccc(OCc2ccc(Cl)c(Cl)c2)cc1)C(=O)Nc1cc([N+](=O)[O-])ccc1Cl. The molecule has 0 aliphatic heterocycles. The van der Waals surface area contributed by atoms with Crippen LogP contribution in [0.25, 0.3) is 6.08 Å². The van der Waals surface area contributed by atoms with Crippen molar-refractivity contribution in [3.05, 3.63) is 103 Å². The van der Waals surface area contributed by atoms with Gasteiger partial charge in [-0.1, -0.05) is 53.0 Å². The normalized spacial score (nSPS) is 10.9. The highest BCUT2D eigenvalue weighted by Gasteiger charge is 2.15. The van der Waals surface area contributed by atoms with Gasteiger partial charge in [0.25, 0.3) is 11.6 Å². The molecule has 3 aromatic rings. The first-order valence-electron chi connectivity index (χ1n) is 9.30. The van der Waals surface area contributed by atoms with Gasteiger partial charge < -0.3 is 10.1 Å². The molecule has 0 aromatic heterocycles. The molecule has 10 heteroatoms. The van der Waals surface area contributed by atoms with Crippen LogP contribution in [0.3, 0.4) is 0 Å². The molecule has 0 bridgehead atoms. The van der Waals surface area contributed by atoms with E-state index in [0.29, 0.717) is 21.4 Å². The van der Waals surface area contributed by atoms with E-state index in [1.54, 1.807) is 42.5 Å². The van der Waals surface area contributed by atoms with Gasteiger partial charge in [-0.2, -0.15) is 5.26 Å². The maximum absolute atomic E-state index is 12.5. The molecule has 3 rings (SSSR count). The number of halogens is 3. The number of nitrogens with zero attached hydrogens (tertiary/aromatic N) is 2. The summed E-state index contributed by atoms with van der Waals surface area (Å²) in [5.74, 6) is -0.176. The molecular weight excluding hydrogens is 489 g/mol. The Kier molecular flexibility index (Phi) is 7.91. The van der Waals surface area contributed by atoms with Crippen LogP contribution in [0.5, 0.6) is 5.75 Å². The second kappa shape index (κ2) is 10.8. The van der Waals surface area contributed by atoms with Crippen molar-refractivity contribution in [2.24, 2.45) is 0 Å². The Bertz CT molecular complexity index is 1290. The standard InChI is InChI=1S/C23H14Cl3N3O4/c24-19-7-3-15(10-21(19)26)13-33-18-5-1-14(2-6-18)9-16(12-27)23(30)28-22-11-17(29(31)32)4-8-20(22)25/h1-11H,13H2,(H,28,30)/b16-9+. The fraction of sp³-hybridized carbons (Fsp3) is 0.0435. The van der Waals surface area contributed by atoms with Gasteiger partial charge in [0, 0.05) is 12.1 Å². The number of rotatable bonds is 7. The molecule has 0 atom stereocenters. The molecule has 1 amide bonds. The Hall–Kier alpha value is -3.57. The molecular formula is C23H14Cl3N3O4. The number of nitrogens with one attached hydrogen (secondary N) is 1. The van der Waals surface area contributed by atoms with Crippen molar-refractivity contribution >= 4 is 58.2 Å². The molecule has 0 unspecified atom stereocenters. The second-order valence-corrected chi connectivity index (χ2v) is 7.87. The van der Waals surface area contributed by atoms with Crippen molar-refractivity contribution in [1.29, 1.82) is 5.26 Å². The van der Waals surface area contributed by atoms with E-state index in [1.165, 1.54) is 18.2 Å². The number of carbonyl (C=O) groups excluding carboxylic acids is 1. The highest BCUT2D eigenvalue weighted by Crippen LogP contribution is 2.27. The third-order valence-electron chi connectivity index (χ3n) is 4.35. The highest BCUT2D eigenvalue weighted by atomic mass is 35.5. The number of hydrogen-bond donors (Lipinski definition) is 1. The van der Waals surface area contributed by atoms with E-state index in [1.807, 2.05) is 6.07 Å². The largest absolute Gasteiger partial charge is 0.489 e. The molecule has 0 heterocycles. The molecule has 3 aromatic carbocycles. The number of carbonyl (C=O) groups is 1. The van der Waals surface area contributed by atoms with E-state index in [0.717, 1.165) is 11.6 Å². The molecule has 0 radical (unpaired) electrons. The molecule has 0 saturated carbocycles. The molecule has 0 saturated heterocycles. The van der Waals surface area contributed by atoms with Crippen LogP contribution < -0.4 is 10.1 Å². The van der Waals surface area contributed by atoms with Crippen molar-refractivity contribution < 1.29 is 14.5 Å². The molecule has 0 fully saturated rings. The average Bonchev–Trinajstić information content (AvgIpc) is 2.80. The minimum atomic E-state index is -0.750. The van der Waals surface area contributed by atoms with Gasteiger partial charge in [0.2, 0.25) is 0 Å². The van der Waals surface area contributed by atoms with E-state index in [2.05, 4.69) is 5.32 Å². The van der Waals surface area contributed by atoms with Crippen molar-refractivity contribution in [2.75, 3.05) is 5.32 Å². The molecule has 33 heavy (non-hydrogen) atoms. The lowest BCUT2D eigenvalue weighted by atomic mass is 10.1. The van der Waals surface area contributed by atoms with Crippen LogP contribution in [-0.4, -0.2) is 10.8 Å². The highest BCUT2D eigenvalue weighted by molar-refractivity contribution is 6.42. The van der Waals surface area contributed by atoms with E-state index in [9.17, 15) is 20.2 Å². The Labute approximate surface area is 203 Å². The lowest BCUT2D eigenvalue weighted by Crippen LogP contribution is -2.14. The van der Waals surface area contributed by atoms with Crippen molar-refractivity contribution in [3.8, 4) is 11.8 Å². The Morgan fingerprint density at radius 1 is 1.03 bits per heavy atom. The predicted molar refractivity (Wildman–Crippen MR) is 128 cm³/mol. The van der Waals surface area contributed by atoms with Gasteiger partial charge in [-0.3, -0.25) is 14.9 Å². The Balaban J connectivity index is 1.69. The van der Waals surface area contributed by atoms with Gasteiger partial charge in [-0.15, -0.1) is 0 Å². The first-order chi connectivity index (χ1) is 15.8. The first kappa shape index (κ1) is 24.1. The zero-order valence-electron chi connectivity index (χ0n) is 16.7. The van der Waals surface area contributed by atoms with Gasteiger partial charge in [0.15, 0.2) is 0 Å². The zero-order chi connectivity index (χ0) is 24.0. The minimum absolute atomic E-state index is 0.0306. The van der Waals surface area contributed by atoms with E-state index in [4.69, 9.17) is 39.5 Å². The van der Waals surface area contributed by atoms with Crippen molar-refractivity contribution in [2.45, 2.75) is 6.61 Å². The van der Waals surface area contributed by atoms with Crippen LogP contribution in [0.15, 0.2) is 66.2 Å². The quantitative estimate of drug-likeness (QED) is 0.168. The van der Waals surface area contributed by atoms with Gasteiger partial charge >= 0.3 is 0 Å². The molecule has 166 valence electrons. The van der Waals surface area contributed by atoms with E-state index >= 15 is 0 Å². The summed E-state index contributed by atoms with van der Waals surface area (Å²) in [4.78, 5) is 22.8. The van der Waals surface area contributed by atoms with Crippen LogP contribution >= 0.6 is 34.8 Å². The Morgan fingerprint density at radius 3 is 2.36 bits per heavy atom. The Morgan fingerprint density at radius 2 is 1.73 bits per heavy atom. The molecule has 1 N–H and O–H groups in total. The maximum atomic E-state index is 12.5. The van der Waals surface area contributed by atoms with Gasteiger partial charge in [-0.25, -0.2) is 0 Å². The summed E-state index contributed by atoms with van der Waals surface area (Å²) in [6.07, 6.45) is 1.38. The van der Waals surface area contributed by atoms with E-state index < -0.39 is 10.8 Å². The van der Waals surface area contributed by atoms with Crippen LogP contribution in [0.1, 0.15) is 11.1 Å². The number of nitriles is 1. The average molecular weight is 503 g/mol. The topological polar surface area (TPSA) is 105 Å². The number of nitro groups is 1. The number of ether oxygens (including phenoxy) is 1.